The second kappa shape index (κ2) is 17.7. The summed E-state index contributed by atoms with van der Waals surface area (Å²) in [4.78, 5) is 79.8. The number of urea groups is 1. The molecule has 12 nitrogen and oxygen atoms in total. The minimum Gasteiger partial charge on any atom is -0.459 e. The monoisotopic (exact) mass is 723 g/mol. The zero-order valence-corrected chi connectivity index (χ0v) is 30.6. The van der Waals surface area contributed by atoms with E-state index in [1.165, 1.54) is 17.9 Å². The number of carbonyl (C=O) groups is 6. The van der Waals surface area contributed by atoms with Crippen LogP contribution in [0.1, 0.15) is 73.8 Å². The molecule has 6 unspecified atom stereocenters. The Morgan fingerprint density at radius 1 is 0.941 bits per heavy atom. The molecule has 1 saturated heterocycles. The number of Topliss-reactive ketones (excluding diaryl/α,β-unsaturated/α-hetero) is 1. The van der Waals surface area contributed by atoms with Crippen molar-refractivity contribution in [1.29, 1.82) is 0 Å². The molecule has 51 heavy (non-hydrogen) atoms. The second-order valence-corrected chi connectivity index (χ2v) is 15.0. The van der Waals surface area contributed by atoms with Crippen LogP contribution in [0, 0.1) is 22.7 Å². The largest absolute Gasteiger partial charge is 0.459 e. The van der Waals surface area contributed by atoms with Crippen molar-refractivity contribution in [3.63, 3.8) is 0 Å². The van der Waals surface area contributed by atoms with Gasteiger partial charge in [0.1, 0.15) is 24.7 Å². The van der Waals surface area contributed by atoms with Gasteiger partial charge in [0.05, 0.1) is 6.04 Å². The lowest BCUT2D eigenvalue weighted by molar-refractivity contribution is -0.150. The van der Waals surface area contributed by atoms with E-state index >= 15 is 0 Å². The maximum absolute atomic E-state index is 14.0. The number of rotatable bonds is 12. The molecule has 6 atom stereocenters. The Kier molecular flexibility index (Phi) is 14.8. The van der Waals surface area contributed by atoms with Crippen LogP contribution >= 0.6 is 0 Å². The Hall–Kier alpha value is -4.43. The van der Waals surface area contributed by atoms with Gasteiger partial charge in [-0.05, 0) is 41.6 Å². The zero-order valence-electron chi connectivity index (χ0n) is 30.6. The van der Waals surface area contributed by atoms with E-state index in [4.69, 9.17) is 4.74 Å². The van der Waals surface area contributed by atoms with Gasteiger partial charge in [-0.2, -0.15) is 13.2 Å². The molecule has 2 aliphatic rings. The Morgan fingerprint density at radius 2 is 1.49 bits per heavy atom. The van der Waals surface area contributed by atoms with Crippen molar-refractivity contribution < 1.29 is 46.7 Å². The number of hydrogen-bond donors (Lipinski definition) is 4. The topological polar surface area (TPSA) is 163 Å². The number of benzene rings is 1. The molecule has 0 spiro atoms. The number of carbonyl (C=O) groups excluding carboxylic acids is 6. The smallest absolute Gasteiger partial charge is 0.388 e. The Balaban J connectivity index is 0.00000138. The van der Waals surface area contributed by atoms with Crippen molar-refractivity contribution in [2.45, 2.75) is 105 Å². The number of fused-ring (bicyclic) bond motifs is 1. The number of piperidine rings is 1. The summed E-state index contributed by atoms with van der Waals surface area (Å²) >= 11 is 0. The highest BCUT2D eigenvalue weighted by molar-refractivity contribution is 6.38. The number of ether oxygens (including phenoxy) is 1. The predicted molar refractivity (Wildman–Crippen MR) is 184 cm³/mol. The fourth-order valence-corrected chi connectivity index (χ4v) is 5.40. The van der Waals surface area contributed by atoms with Crippen molar-refractivity contribution in [1.82, 2.24) is 26.2 Å². The molecule has 15 heteroatoms. The molecule has 4 N–H and O–H groups in total. The normalized spacial score (nSPS) is 19.8. The van der Waals surface area contributed by atoms with Crippen LogP contribution in [-0.4, -0.2) is 83.8 Å². The number of alkyl halides is 3. The molecule has 1 aromatic carbocycles. The number of hydrogen-bond acceptors (Lipinski definition) is 7. The SMILES string of the molecule is C=CCNC(=O)C(=O)C(C)NC(=O)C1C2CC2CN1C(=O)C(NC(=O)NC(C(=O)OCc1ccccc1)C(C)(C)C)C(C)(C)C.CCC(F)(F)F. The van der Waals surface area contributed by atoms with Gasteiger partial charge in [0, 0.05) is 19.5 Å². The molecule has 3 rings (SSSR count). The number of ketones is 1. The van der Waals surface area contributed by atoms with E-state index in [1.54, 1.807) is 41.5 Å². The summed E-state index contributed by atoms with van der Waals surface area (Å²) in [7, 11) is 0. The molecular weight excluding hydrogens is 671 g/mol. The minimum atomic E-state index is -3.96. The lowest BCUT2D eigenvalue weighted by Crippen LogP contribution is -2.62. The van der Waals surface area contributed by atoms with Gasteiger partial charge >= 0.3 is 18.2 Å². The number of esters is 1. The van der Waals surface area contributed by atoms with Crippen molar-refractivity contribution in [2.75, 3.05) is 13.1 Å². The highest BCUT2D eigenvalue weighted by Gasteiger charge is 2.58. The van der Waals surface area contributed by atoms with Gasteiger partial charge < -0.3 is 30.9 Å². The predicted octanol–water partition coefficient (Wildman–Crippen LogP) is 4.04. The molecule has 284 valence electrons. The van der Waals surface area contributed by atoms with Crippen molar-refractivity contribution in [3.05, 3.63) is 48.6 Å². The van der Waals surface area contributed by atoms with Gasteiger partial charge in [0.2, 0.25) is 17.6 Å². The minimum absolute atomic E-state index is 0.0448. The molecule has 0 aromatic heterocycles. The zero-order chi connectivity index (χ0) is 38.9. The van der Waals surface area contributed by atoms with E-state index < -0.39 is 83.1 Å². The van der Waals surface area contributed by atoms with Crippen LogP contribution < -0.4 is 21.3 Å². The van der Waals surface area contributed by atoms with Gasteiger partial charge in [-0.15, -0.1) is 6.58 Å². The van der Waals surface area contributed by atoms with Crippen LogP contribution in [0.15, 0.2) is 43.0 Å². The fraction of sp³-hybridized carbons (Fsp3) is 0.611. The maximum Gasteiger partial charge on any atom is 0.388 e. The average molecular weight is 724 g/mol. The van der Waals surface area contributed by atoms with Gasteiger partial charge in [0.15, 0.2) is 0 Å². The lowest BCUT2D eigenvalue weighted by Gasteiger charge is -2.37. The molecule has 0 radical (unpaired) electrons. The maximum atomic E-state index is 14.0. The summed E-state index contributed by atoms with van der Waals surface area (Å²) in [5, 5.41) is 10.4. The molecule has 5 amide bonds. The number of amides is 5. The van der Waals surface area contributed by atoms with Crippen LogP contribution in [0.2, 0.25) is 0 Å². The Bertz CT molecular complexity index is 1420. The summed E-state index contributed by atoms with van der Waals surface area (Å²) < 4.78 is 37.9. The fourth-order valence-electron chi connectivity index (χ4n) is 5.40. The van der Waals surface area contributed by atoms with Crippen LogP contribution in [0.3, 0.4) is 0 Å². The van der Waals surface area contributed by atoms with E-state index in [1.807, 2.05) is 30.3 Å². The van der Waals surface area contributed by atoms with E-state index in [2.05, 4.69) is 27.8 Å². The first-order valence-corrected chi connectivity index (χ1v) is 16.9. The Morgan fingerprint density at radius 3 is 2.00 bits per heavy atom. The first-order valence-electron chi connectivity index (χ1n) is 16.9. The van der Waals surface area contributed by atoms with Crippen molar-refractivity contribution in [3.8, 4) is 0 Å². The summed E-state index contributed by atoms with van der Waals surface area (Å²) in [5.41, 5.74) is -0.666. The summed E-state index contributed by atoms with van der Waals surface area (Å²) in [6.07, 6.45) is -2.49. The third kappa shape index (κ3) is 13.0. The molecule has 2 fully saturated rings. The van der Waals surface area contributed by atoms with Crippen LogP contribution in [0.25, 0.3) is 0 Å². The molecule has 0 bridgehead atoms. The quantitative estimate of drug-likeness (QED) is 0.144. The van der Waals surface area contributed by atoms with Gasteiger partial charge in [-0.3, -0.25) is 19.2 Å². The first-order chi connectivity index (χ1) is 23.5. The third-order valence-corrected chi connectivity index (χ3v) is 8.47. The van der Waals surface area contributed by atoms with E-state index in [0.29, 0.717) is 6.54 Å². The lowest BCUT2D eigenvalue weighted by atomic mass is 9.85. The highest BCUT2D eigenvalue weighted by atomic mass is 19.4. The van der Waals surface area contributed by atoms with Gasteiger partial charge in [-0.1, -0.05) is 84.9 Å². The number of nitrogens with one attached hydrogen (secondary N) is 4. The van der Waals surface area contributed by atoms with Crippen molar-refractivity contribution in [2.24, 2.45) is 22.7 Å². The van der Waals surface area contributed by atoms with E-state index in [-0.39, 0.29) is 25.0 Å². The average Bonchev–Trinajstić information content (AvgIpc) is 3.70. The molecule has 1 aromatic rings. The molecule has 1 aliphatic heterocycles. The van der Waals surface area contributed by atoms with E-state index in [0.717, 1.165) is 18.9 Å². The van der Waals surface area contributed by atoms with Gasteiger partial charge in [0.25, 0.3) is 5.91 Å². The van der Waals surface area contributed by atoms with Crippen LogP contribution in [0.4, 0.5) is 18.0 Å². The second-order valence-electron chi connectivity index (χ2n) is 15.0. The first kappa shape index (κ1) is 42.7. The third-order valence-electron chi connectivity index (χ3n) is 8.47. The summed E-state index contributed by atoms with van der Waals surface area (Å²) in [5.74, 6) is -3.20. The summed E-state index contributed by atoms with van der Waals surface area (Å²) in [6.45, 7) is 17.2. The van der Waals surface area contributed by atoms with Crippen LogP contribution in [0.5, 0.6) is 0 Å². The van der Waals surface area contributed by atoms with Gasteiger partial charge in [-0.25, -0.2) is 9.59 Å². The highest BCUT2D eigenvalue weighted by Crippen LogP contribution is 2.50. The Labute approximate surface area is 297 Å². The molecule has 1 heterocycles. The van der Waals surface area contributed by atoms with E-state index in [9.17, 15) is 41.9 Å². The summed E-state index contributed by atoms with van der Waals surface area (Å²) in [6, 6.07) is 4.44. The molecule has 1 saturated carbocycles. The molecule has 1 aliphatic carbocycles. The number of likely N-dealkylation sites (tertiary alicyclic amines) is 1. The van der Waals surface area contributed by atoms with Crippen molar-refractivity contribution >= 4 is 35.5 Å². The standard InChI is InChI=1S/C33H47N5O7.C3H5F3/c1-9-15-34-28(41)24(39)19(2)35-27(40)23-22-16-21(22)17-38(23)29(42)25(32(3,4)5)36-31(44)37-26(33(6,7)8)30(43)45-18-20-13-11-10-12-14-20;1-2-3(4,5)6/h9-14,19,21-23,25-26H,1,15-18H2,2-8H3,(H,34,41)(H,35,40)(H2,36,37,44);2H2,1H3. The number of nitrogens with zero attached hydrogens (tertiary/aromatic N) is 1. The molecular formula is C36H52F3N5O7. The van der Waals surface area contributed by atoms with Crippen LogP contribution in [-0.2, 0) is 35.3 Å². The number of halogens is 3.